The van der Waals surface area contributed by atoms with E-state index < -0.39 is 0 Å². The van der Waals surface area contributed by atoms with Crippen molar-refractivity contribution < 1.29 is 0 Å². The Balaban J connectivity index is 2.10. The van der Waals surface area contributed by atoms with E-state index in [0.29, 0.717) is 11.8 Å². The molecule has 0 spiro atoms. The fourth-order valence-electron chi connectivity index (χ4n) is 2.09. The van der Waals surface area contributed by atoms with Gasteiger partial charge < -0.3 is 0 Å². The normalized spacial score (nSPS) is 20.5. The number of rotatable bonds is 2. The summed E-state index contributed by atoms with van der Waals surface area (Å²) in [6.45, 7) is 0. The van der Waals surface area contributed by atoms with Crippen LogP contribution in [0, 0.1) is 17.4 Å². The highest BCUT2D eigenvalue weighted by molar-refractivity contribution is 5.49. The lowest BCUT2D eigenvalue weighted by molar-refractivity contribution is 1.05. The van der Waals surface area contributed by atoms with Crippen molar-refractivity contribution in [3.8, 4) is 6.07 Å². The summed E-state index contributed by atoms with van der Waals surface area (Å²) in [5.41, 5.74) is 3.49. The molecule has 3 rings (SSSR count). The predicted molar refractivity (Wildman–Crippen MR) is 53.9 cm³/mol. The largest absolute Gasteiger partial charge is 0.192 e. The van der Waals surface area contributed by atoms with Gasteiger partial charge in [-0.2, -0.15) is 5.26 Å². The smallest absolute Gasteiger partial charge is 0.0997 e. The highest BCUT2D eigenvalue weighted by Crippen LogP contribution is 2.46. The molecule has 2 fully saturated rings. The standard InChI is InChI=1S/C13H12N/c14-8-13-11(9-4-5-9)2-1-3-12(13)10-6-7-10/h2-3,9-10H,4-7H2. The third-order valence-corrected chi connectivity index (χ3v) is 3.20. The molecule has 0 saturated heterocycles. The second kappa shape index (κ2) is 2.85. The van der Waals surface area contributed by atoms with Crippen molar-refractivity contribution in [2.45, 2.75) is 37.5 Å². The van der Waals surface area contributed by atoms with Gasteiger partial charge in [-0.15, -0.1) is 0 Å². The molecular weight excluding hydrogens is 170 g/mol. The van der Waals surface area contributed by atoms with Crippen LogP contribution in [-0.4, -0.2) is 0 Å². The maximum Gasteiger partial charge on any atom is 0.0997 e. The Labute approximate surface area is 84.4 Å². The summed E-state index contributed by atoms with van der Waals surface area (Å²) in [6, 6.07) is 9.61. The molecule has 0 heterocycles. The van der Waals surface area contributed by atoms with Gasteiger partial charge in [0, 0.05) is 0 Å². The van der Waals surface area contributed by atoms with Crippen molar-refractivity contribution in [3.05, 3.63) is 34.9 Å². The van der Waals surface area contributed by atoms with E-state index in [4.69, 9.17) is 0 Å². The van der Waals surface area contributed by atoms with E-state index in [2.05, 4.69) is 12.1 Å². The Morgan fingerprint density at radius 1 is 1.07 bits per heavy atom. The summed E-state index contributed by atoms with van der Waals surface area (Å²) in [4.78, 5) is 0. The summed E-state index contributed by atoms with van der Waals surface area (Å²) in [5, 5.41) is 9.19. The maximum atomic E-state index is 9.19. The number of hydrogen-bond acceptors (Lipinski definition) is 1. The lowest BCUT2D eigenvalue weighted by atomic mass is 9.96. The molecule has 14 heavy (non-hydrogen) atoms. The number of hydrogen-bond donors (Lipinski definition) is 0. The molecule has 0 atom stereocenters. The van der Waals surface area contributed by atoms with Gasteiger partial charge in [0.05, 0.1) is 11.6 Å². The Morgan fingerprint density at radius 3 is 1.93 bits per heavy atom. The van der Waals surface area contributed by atoms with E-state index in [1.165, 1.54) is 36.8 Å². The van der Waals surface area contributed by atoms with Crippen LogP contribution < -0.4 is 0 Å². The average molecular weight is 182 g/mol. The summed E-state index contributed by atoms with van der Waals surface area (Å²) in [6.07, 6.45) is 5.04. The van der Waals surface area contributed by atoms with Gasteiger partial charge in [0.2, 0.25) is 0 Å². The monoisotopic (exact) mass is 182 g/mol. The molecule has 0 unspecified atom stereocenters. The van der Waals surface area contributed by atoms with Gasteiger partial charge in [0.1, 0.15) is 0 Å². The molecule has 0 bridgehead atoms. The molecule has 1 heteroatoms. The highest BCUT2D eigenvalue weighted by Gasteiger charge is 2.31. The molecule has 1 aromatic carbocycles. The van der Waals surface area contributed by atoms with Crippen molar-refractivity contribution in [2.24, 2.45) is 0 Å². The van der Waals surface area contributed by atoms with Gasteiger partial charge >= 0.3 is 0 Å². The van der Waals surface area contributed by atoms with Gasteiger partial charge in [0.15, 0.2) is 0 Å². The lowest BCUT2D eigenvalue weighted by Crippen LogP contribution is -1.93. The van der Waals surface area contributed by atoms with Crippen molar-refractivity contribution >= 4 is 0 Å². The zero-order chi connectivity index (χ0) is 9.54. The zero-order valence-electron chi connectivity index (χ0n) is 8.09. The first-order valence-corrected chi connectivity index (χ1v) is 5.34. The molecular formula is C13H12N. The Bertz CT molecular complexity index is 375. The molecule has 0 aliphatic heterocycles. The van der Waals surface area contributed by atoms with E-state index >= 15 is 0 Å². The minimum atomic E-state index is 0.666. The summed E-state index contributed by atoms with van der Waals surface area (Å²) in [5.74, 6) is 1.33. The van der Waals surface area contributed by atoms with Crippen LogP contribution in [0.5, 0.6) is 0 Å². The van der Waals surface area contributed by atoms with Crippen LogP contribution >= 0.6 is 0 Å². The minimum absolute atomic E-state index is 0.666. The minimum Gasteiger partial charge on any atom is -0.192 e. The maximum absolute atomic E-state index is 9.19. The molecule has 0 amide bonds. The summed E-state index contributed by atoms with van der Waals surface area (Å²) >= 11 is 0. The molecule has 0 N–H and O–H groups in total. The first kappa shape index (κ1) is 8.05. The SMILES string of the molecule is N#Cc1c(C2CC2)c[c]cc1C1CC1. The van der Waals surface area contributed by atoms with Crippen LogP contribution in [0.2, 0.25) is 0 Å². The van der Waals surface area contributed by atoms with Gasteiger partial charge in [-0.3, -0.25) is 0 Å². The Hall–Kier alpha value is -1.29. The fraction of sp³-hybridized carbons (Fsp3) is 0.462. The zero-order valence-corrected chi connectivity index (χ0v) is 8.09. The molecule has 1 nitrogen and oxygen atoms in total. The summed E-state index contributed by atoms with van der Waals surface area (Å²) in [7, 11) is 0. The van der Waals surface area contributed by atoms with E-state index in [1.807, 2.05) is 12.1 Å². The predicted octanol–water partition coefficient (Wildman–Crippen LogP) is 3.11. The third kappa shape index (κ3) is 1.23. The van der Waals surface area contributed by atoms with Crippen LogP contribution in [-0.2, 0) is 0 Å². The van der Waals surface area contributed by atoms with Gasteiger partial charge in [-0.25, -0.2) is 0 Å². The fourth-order valence-corrected chi connectivity index (χ4v) is 2.09. The third-order valence-electron chi connectivity index (χ3n) is 3.20. The van der Waals surface area contributed by atoms with E-state index in [-0.39, 0.29) is 0 Å². The van der Waals surface area contributed by atoms with Gasteiger partial charge in [-0.1, -0.05) is 0 Å². The second-order valence-corrected chi connectivity index (χ2v) is 4.40. The quantitative estimate of drug-likeness (QED) is 0.689. The number of benzene rings is 1. The molecule has 2 saturated carbocycles. The van der Waals surface area contributed by atoms with E-state index in [9.17, 15) is 5.26 Å². The van der Waals surface area contributed by atoms with Crippen molar-refractivity contribution in [2.75, 3.05) is 0 Å². The Kier molecular flexibility index (Phi) is 1.64. The molecule has 2 aliphatic carbocycles. The van der Waals surface area contributed by atoms with Crippen molar-refractivity contribution in [1.82, 2.24) is 0 Å². The van der Waals surface area contributed by atoms with Crippen LogP contribution in [0.25, 0.3) is 0 Å². The molecule has 0 aromatic heterocycles. The highest BCUT2D eigenvalue weighted by atomic mass is 14.4. The van der Waals surface area contributed by atoms with Crippen LogP contribution in [0.15, 0.2) is 12.1 Å². The molecule has 1 radical (unpaired) electrons. The van der Waals surface area contributed by atoms with Gasteiger partial charge in [0.25, 0.3) is 0 Å². The average Bonchev–Trinajstić information content (AvgIpc) is 3.04. The van der Waals surface area contributed by atoms with E-state index in [0.717, 1.165) is 5.56 Å². The van der Waals surface area contributed by atoms with Crippen molar-refractivity contribution in [1.29, 1.82) is 5.26 Å². The number of nitriles is 1. The molecule has 1 aromatic rings. The second-order valence-electron chi connectivity index (χ2n) is 4.40. The van der Waals surface area contributed by atoms with Gasteiger partial charge in [-0.05, 0) is 66.8 Å². The Morgan fingerprint density at radius 2 is 1.57 bits per heavy atom. The topological polar surface area (TPSA) is 23.8 Å². The molecule has 69 valence electrons. The van der Waals surface area contributed by atoms with Crippen LogP contribution in [0.4, 0.5) is 0 Å². The van der Waals surface area contributed by atoms with Crippen LogP contribution in [0.3, 0.4) is 0 Å². The summed E-state index contributed by atoms with van der Waals surface area (Å²) < 4.78 is 0. The first-order valence-electron chi connectivity index (χ1n) is 5.34. The lowest BCUT2D eigenvalue weighted by Gasteiger charge is -2.06. The molecule has 2 aliphatic rings. The van der Waals surface area contributed by atoms with Crippen molar-refractivity contribution in [3.63, 3.8) is 0 Å². The first-order chi connectivity index (χ1) is 6.90. The van der Waals surface area contributed by atoms with E-state index in [1.54, 1.807) is 0 Å². The number of nitrogens with zero attached hydrogens (tertiary/aromatic N) is 1. The van der Waals surface area contributed by atoms with Crippen LogP contribution in [0.1, 0.15) is 54.2 Å².